The van der Waals surface area contributed by atoms with E-state index in [1.54, 1.807) is 31.4 Å². The van der Waals surface area contributed by atoms with Crippen molar-refractivity contribution in [3.63, 3.8) is 0 Å². The first-order chi connectivity index (χ1) is 12.2. The van der Waals surface area contributed by atoms with Gasteiger partial charge in [-0.1, -0.05) is 18.2 Å². The van der Waals surface area contributed by atoms with Crippen molar-refractivity contribution in [1.29, 1.82) is 0 Å². The Bertz CT molecular complexity index is 875. The van der Waals surface area contributed by atoms with Crippen molar-refractivity contribution in [2.24, 2.45) is 0 Å². The Labute approximate surface area is 149 Å². The Morgan fingerprint density at radius 3 is 2.76 bits per heavy atom. The summed E-state index contributed by atoms with van der Waals surface area (Å²) in [5.41, 5.74) is 2.22. The number of carbonyl (C=O) groups excluding carboxylic acids is 1. The highest BCUT2D eigenvalue weighted by atomic mass is 32.1. The molecule has 2 aromatic carbocycles. The maximum Gasteiger partial charge on any atom is 0.337 e. The third-order valence-corrected chi connectivity index (χ3v) is 4.46. The maximum atomic E-state index is 11.6. The van der Waals surface area contributed by atoms with Crippen LogP contribution < -0.4 is 9.47 Å². The molecule has 3 aromatic rings. The van der Waals surface area contributed by atoms with Crippen LogP contribution in [0.5, 0.6) is 11.5 Å². The molecule has 3 rings (SSSR count). The molecule has 25 heavy (non-hydrogen) atoms. The molecule has 128 valence electrons. The molecule has 0 radical (unpaired) electrons. The second-order valence-electron chi connectivity index (χ2n) is 5.15. The SMILES string of the molecule is COC(=O)c1cccc(OCc2csc(-c3ccccc3OC)n2)c1. The highest BCUT2D eigenvalue weighted by molar-refractivity contribution is 7.13. The summed E-state index contributed by atoms with van der Waals surface area (Å²) in [6.45, 7) is 0.316. The average Bonchev–Trinajstić information content (AvgIpc) is 3.14. The average molecular weight is 355 g/mol. The van der Waals surface area contributed by atoms with E-state index in [1.807, 2.05) is 29.6 Å². The molecule has 1 aromatic heterocycles. The fraction of sp³-hybridized carbons (Fsp3) is 0.158. The largest absolute Gasteiger partial charge is 0.496 e. The van der Waals surface area contributed by atoms with Crippen LogP contribution in [0.15, 0.2) is 53.9 Å². The zero-order valence-electron chi connectivity index (χ0n) is 13.9. The van der Waals surface area contributed by atoms with E-state index in [-0.39, 0.29) is 0 Å². The minimum atomic E-state index is -0.391. The lowest BCUT2D eigenvalue weighted by atomic mass is 10.2. The summed E-state index contributed by atoms with van der Waals surface area (Å²) in [5.74, 6) is 0.988. The van der Waals surface area contributed by atoms with Crippen LogP contribution in [0.25, 0.3) is 10.6 Å². The first-order valence-corrected chi connectivity index (χ1v) is 8.48. The van der Waals surface area contributed by atoms with Gasteiger partial charge in [0, 0.05) is 5.38 Å². The van der Waals surface area contributed by atoms with Gasteiger partial charge in [-0.25, -0.2) is 9.78 Å². The van der Waals surface area contributed by atoms with E-state index in [0.717, 1.165) is 22.0 Å². The van der Waals surface area contributed by atoms with Crippen LogP contribution in [0.1, 0.15) is 16.1 Å². The van der Waals surface area contributed by atoms with Crippen molar-refractivity contribution in [3.8, 4) is 22.1 Å². The van der Waals surface area contributed by atoms with Gasteiger partial charge in [-0.15, -0.1) is 11.3 Å². The summed E-state index contributed by atoms with van der Waals surface area (Å²) in [4.78, 5) is 16.2. The smallest absolute Gasteiger partial charge is 0.337 e. The molecule has 0 spiro atoms. The molecule has 5 nitrogen and oxygen atoms in total. The molecule has 0 amide bonds. The fourth-order valence-electron chi connectivity index (χ4n) is 2.31. The number of thiazole rings is 1. The Kier molecular flexibility index (Phi) is 5.30. The first-order valence-electron chi connectivity index (χ1n) is 7.60. The standard InChI is InChI=1S/C19H17NO4S/c1-22-17-9-4-3-8-16(17)18-20-14(12-25-18)11-24-15-7-5-6-13(10-15)19(21)23-2/h3-10,12H,11H2,1-2H3. The summed E-state index contributed by atoms with van der Waals surface area (Å²) in [7, 11) is 3.00. The minimum Gasteiger partial charge on any atom is -0.496 e. The van der Waals surface area contributed by atoms with Crippen molar-refractivity contribution in [1.82, 2.24) is 4.98 Å². The van der Waals surface area contributed by atoms with Crippen LogP contribution in [0, 0.1) is 0 Å². The molecule has 0 N–H and O–H groups in total. The summed E-state index contributed by atoms with van der Waals surface area (Å²) >= 11 is 1.53. The number of aromatic nitrogens is 1. The van der Waals surface area contributed by atoms with Crippen molar-refractivity contribution in [2.75, 3.05) is 14.2 Å². The molecule has 0 aliphatic heterocycles. The van der Waals surface area contributed by atoms with Gasteiger partial charge in [-0.05, 0) is 30.3 Å². The Balaban J connectivity index is 1.71. The minimum absolute atomic E-state index is 0.316. The topological polar surface area (TPSA) is 57.7 Å². The number of ether oxygens (including phenoxy) is 3. The summed E-state index contributed by atoms with van der Waals surface area (Å²) < 4.78 is 15.8. The molecule has 6 heteroatoms. The number of esters is 1. The number of benzene rings is 2. The predicted octanol–water partition coefficient (Wildman–Crippen LogP) is 4.18. The van der Waals surface area contributed by atoms with Crippen LogP contribution >= 0.6 is 11.3 Å². The summed E-state index contributed by atoms with van der Waals surface area (Å²) in [6.07, 6.45) is 0. The van der Waals surface area contributed by atoms with Crippen molar-refractivity contribution in [3.05, 3.63) is 65.2 Å². The lowest BCUT2D eigenvalue weighted by Gasteiger charge is -2.06. The molecule has 0 aliphatic rings. The number of hydrogen-bond acceptors (Lipinski definition) is 6. The molecule has 0 bridgehead atoms. The van der Waals surface area contributed by atoms with Gasteiger partial charge < -0.3 is 14.2 Å². The number of methoxy groups -OCH3 is 2. The van der Waals surface area contributed by atoms with Crippen molar-refractivity contribution < 1.29 is 19.0 Å². The predicted molar refractivity (Wildman–Crippen MR) is 96.2 cm³/mol. The molecule has 0 saturated carbocycles. The Hall–Kier alpha value is -2.86. The second-order valence-corrected chi connectivity index (χ2v) is 6.01. The van der Waals surface area contributed by atoms with Gasteiger partial charge in [-0.3, -0.25) is 0 Å². The number of para-hydroxylation sites is 1. The van der Waals surface area contributed by atoms with E-state index < -0.39 is 5.97 Å². The third-order valence-electron chi connectivity index (χ3n) is 3.53. The third kappa shape index (κ3) is 3.97. The normalized spacial score (nSPS) is 10.3. The molecule has 0 aliphatic carbocycles. The van der Waals surface area contributed by atoms with Crippen LogP contribution in [0.3, 0.4) is 0 Å². The Morgan fingerprint density at radius 1 is 1.12 bits per heavy atom. The van der Waals surface area contributed by atoms with E-state index in [2.05, 4.69) is 4.98 Å². The number of rotatable bonds is 6. The molecule has 0 fully saturated rings. The molecule has 0 saturated heterocycles. The van der Waals surface area contributed by atoms with Gasteiger partial charge >= 0.3 is 5.97 Å². The lowest BCUT2D eigenvalue weighted by Crippen LogP contribution is -2.02. The van der Waals surface area contributed by atoms with Crippen LogP contribution in [-0.4, -0.2) is 25.2 Å². The van der Waals surface area contributed by atoms with E-state index in [0.29, 0.717) is 17.9 Å². The van der Waals surface area contributed by atoms with Crippen LogP contribution in [0.4, 0.5) is 0 Å². The number of hydrogen-bond donors (Lipinski definition) is 0. The second kappa shape index (κ2) is 7.81. The highest BCUT2D eigenvalue weighted by Crippen LogP contribution is 2.32. The number of nitrogens with zero attached hydrogens (tertiary/aromatic N) is 1. The molecule has 1 heterocycles. The lowest BCUT2D eigenvalue weighted by molar-refractivity contribution is 0.0600. The van der Waals surface area contributed by atoms with Gasteiger partial charge in [0.15, 0.2) is 0 Å². The quantitative estimate of drug-likeness (QED) is 0.621. The van der Waals surface area contributed by atoms with Crippen LogP contribution in [0.2, 0.25) is 0 Å². The van der Waals surface area contributed by atoms with Gasteiger partial charge in [0.05, 0.1) is 31.0 Å². The highest BCUT2D eigenvalue weighted by Gasteiger charge is 2.11. The van der Waals surface area contributed by atoms with Gasteiger partial charge in [0.25, 0.3) is 0 Å². The van der Waals surface area contributed by atoms with Crippen LogP contribution in [-0.2, 0) is 11.3 Å². The summed E-state index contributed by atoms with van der Waals surface area (Å²) in [5, 5.41) is 2.82. The van der Waals surface area contributed by atoms with E-state index in [1.165, 1.54) is 18.4 Å². The van der Waals surface area contributed by atoms with Gasteiger partial charge in [-0.2, -0.15) is 0 Å². The molecule has 0 unspecified atom stereocenters. The summed E-state index contributed by atoms with van der Waals surface area (Å²) in [6, 6.07) is 14.6. The van der Waals surface area contributed by atoms with E-state index >= 15 is 0 Å². The van der Waals surface area contributed by atoms with Crippen molar-refractivity contribution in [2.45, 2.75) is 6.61 Å². The molecule has 0 atom stereocenters. The zero-order chi connectivity index (χ0) is 17.6. The number of carbonyl (C=O) groups is 1. The molecular formula is C19H17NO4S. The van der Waals surface area contributed by atoms with Gasteiger partial charge in [0.2, 0.25) is 0 Å². The van der Waals surface area contributed by atoms with E-state index in [4.69, 9.17) is 14.2 Å². The van der Waals surface area contributed by atoms with Crippen molar-refractivity contribution >= 4 is 17.3 Å². The van der Waals surface area contributed by atoms with Gasteiger partial charge in [0.1, 0.15) is 23.1 Å². The molecular weight excluding hydrogens is 338 g/mol. The fourth-order valence-corrected chi connectivity index (χ4v) is 3.14. The maximum absolute atomic E-state index is 11.6. The first kappa shape index (κ1) is 17.0. The monoisotopic (exact) mass is 355 g/mol. The Morgan fingerprint density at radius 2 is 1.96 bits per heavy atom. The zero-order valence-corrected chi connectivity index (χ0v) is 14.7. The van der Waals surface area contributed by atoms with E-state index in [9.17, 15) is 4.79 Å².